The van der Waals surface area contributed by atoms with Crippen molar-refractivity contribution in [1.29, 1.82) is 0 Å². The quantitative estimate of drug-likeness (QED) is 0.680. The van der Waals surface area contributed by atoms with E-state index in [-0.39, 0.29) is 0 Å². The molecule has 1 heteroatoms. The van der Waals surface area contributed by atoms with Crippen LogP contribution in [0.1, 0.15) is 30.9 Å². The smallest absolute Gasteiger partial charge is 0.0427 e. The first-order valence-corrected chi connectivity index (χ1v) is 7.37. The fourth-order valence-electron chi connectivity index (χ4n) is 2.19. The maximum atomic E-state index is 2.38. The molecule has 20 heavy (non-hydrogen) atoms. The first-order chi connectivity index (χ1) is 9.88. The van der Waals surface area contributed by atoms with Crippen LogP contribution >= 0.6 is 0 Å². The van der Waals surface area contributed by atoms with Gasteiger partial charge in [0.2, 0.25) is 0 Å². The van der Waals surface area contributed by atoms with E-state index in [0.717, 1.165) is 19.5 Å². The summed E-state index contributed by atoms with van der Waals surface area (Å²) in [7, 11) is 0. The van der Waals surface area contributed by atoms with Gasteiger partial charge in [0, 0.05) is 13.1 Å². The maximum Gasteiger partial charge on any atom is 0.0427 e. The zero-order valence-corrected chi connectivity index (χ0v) is 12.2. The van der Waals surface area contributed by atoms with E-state index in [4.69, 9.17) is 0 Å². The van der Waals surface area contributed by atoms with E-state index in [1.165, 1.54) is 17.5 Å². The van der Waals surface area contributed by atoms with Crippen LogP contribution in [0.15, 0.2) is 72.9 Å². The summed E-state index contributed by atoms with van der Waals surface area (Å²) >= 11 is 0. The van der Waals surface area contributed by atoms with Gasteiger partial charge in [-0.1, -0.05) is 80.1 Å². The Morgan fingerprint density at radius 3 is 1.75 bits per heavy atom. The highest BCUT2D eigenvalue weighted by Crippen LogP contribution is 2.11. The maximum absolute atomic E-state index is 2.38. The van der Waals surface area contributed by atoms with Gasteiger partial charge in [0.1, 0.15) is 0 Å². The number of benzene rings is 2. The van der Waals surface area contributed by atoms with Gasteiger partial charge in [-0.25, -0.2) is 0 Å². The monoisotopic (exact) mass is 265 g/mol. The zero-order chi connectivity index (χ0) is 14.0. The molecular weight excluding hydrogens is 242 g/mol. The Morgan fingerprint density at radius 1 is 0.800 bits per heavy atom. The molecule has 2 rings (SSSR count). The van der Waals surface area contributed by atoms with E-state index in [0.29, 0.717) is 0 Å². The molecule has 0 aromatic heterocycles. The molecule has 0 atom stereocenters. The predicted octanol–water partition coefficient (Wildman–Crippen LogP) is 5.00. The molecule has 0 fully saturated rings. The minimum Gasteiger partial charge on any atom is -0.369 e. The van der Waals surface area contributed by atoms with Gasteiger partial charge in [0.05, 0.1) is 0 Å². The Morgan fingerprint density at radius 2 is 1.30 bits per heavy atom. The van der Waals surface area contributed by atoms with Crippen molar-refractivity contribution in [3.8, 4) is 0 Å². The molecular formula is C19H23N. The van der Waals surface area contributed by atoms with Crippen molar-refractivity contribution in [2.75, 3.05) is 0 Å². The number of allylic oxidation sites excluding steroid dienone is 1. The van der Waals surface area contributed by atoms with E-state index in [1.807, 2.05) is 0 Å². The van der Waals surface area contributed by atoms with Gasteiger partial charge >= 0.3 is 0 Å². The minimum absolute atomic E-state index is 0.954. The van der Waals surface area contributed by atoms with E-state index < -0.39 is 0 Å². The van der Waals surface area contributed by atoms with E-state index in [9.17, 15) is 0 Å². The van der Waals surface area contributed by atoms with Crippen molar-refractivity contribution >= 4 is 0 Å². The van der Waals surface area contributed by atoms with Crippen molar-refractivity contribution < 1.29 is 0 Å². The van der Waals surface area contributed by atoms with Crippen LogP contribution in [0.5, 0.6) is 0 Å². The Hall–Kier alpha value is -2.02. The third kappa shape index (κ3) is 4.93. The molecule has 0 saturated carbocycles. The van der Waals surface area contributed by atoms with Gasteiger partial charge in [-0.2, -0.15) is 0 Å². The molecule has 0 N–H and O–H groups in total. The third-order valence-corrected chi connectivity index (χ3v) is 3.23. The first-order valence-electron chi connectivity index (χ1n) is 7.37. The van der Waals surface area contributed by atoms with Crippen LogP contribution in [-0.4, -0.2) is 4.90 Å². The van der Waals surface area contributed by atoms with Crippen molar-refractivity contribution in [2.45, 2.75) is 32.9 Å². The van der Waals surface area contributed by atoms with E-state index >= 15 is 0 Å². The molecule has 0 aliphatic heterocycles. The Kier molecular flexibility index (Phi) is 5.91. The normalized spacial score (nSPS) is 10.8. The van der Waals surface area contributed by atoms with Crippen LogP contribution in [0.2, 0.25) is 0 Å². The number of unbranched alkanes of at least 4 members (excludes halogenated alkanes) is 1. The lowest BCUT2D eigenvalue weighted by molar-refractivity contribution is 0.360. The second-order valence-electron chi connectivity index (χ2n) is 5.05. The number of hydrogen-bond donors (Lipinski definition) is 0. The van der Waals surface area contributed by atoms with Crippen molar-refractivity contribution in [2.24, 2.45) is 0 Å². The van der Waals surface area contributed by atoms with Gasteiger partial charge in [-0.15, -0.1) is 0 Å². The van der Waals surface area contributed by atoms with E-state index in [1.54, 1.807) is 0 Å². The average molecular weight is 265 g/mol. The fraction of sp³-hybridized carbons (Fsp3) is 0.263. The standard InChI is InChI=1S/C19H23N/c1-2-3-10-15-20(16-18-11-6-4-7-12-18)17-19-13-8-5-9-14-19/h4-15H,2-3,16-17H2,1H3/b15-10-. The SMILES string of the molecule is CCC/C=C\N(Cc1ccccc1)Cc1ccccc1. The summed E-state index contributed by atoms with van der Waals surface area (Å²) < 4.78 is 0. The van der Waals surface area contributed by atoms with Gasteiger partial charge in [-0.3, -0.25) is 0 Å². The molecule has 104 valence electrons. The summed E-state index contributed by atoms with van der Waals surface area (Å²) in [4.78, 5) is 2.38. The summed E-state index contributed by atoms with van der Waals surface area (Å²) in [6.07, 6.45) is 6.84. The van der Waals surface area contributed by atoms with Gasteiger partial charge < -0.3 is 4.90 Å². The lowest BCUT2D eigenvalue weighted by atomic mass is 10.2. The third-order valence-electron chi connectivity index (χ3n) is 3.23. The number of nitrogens with zero attached hydrogens (tertiary/aromatic N) is 1. The van der Waals surface area contributed by atoms with Gasteiger partial charge in [-0.05, 0) is 23.7 Å². The summed E-state index contributed by atoms with van der Waals surface area (Å²) in [5.74, 6) is 0. The molecule has 0 unspecified atom stereocenters. The van der Waals surface area contributed by atoms with Crippen molar-refractivity contribution in [3.63, 3.8) is 0 Å². The Balaban J connectivity index is 2.04. The van der Waals surface area contributed by atoms with Gasteiger partial charge in [0.25, 0.3) is 0 Å². The molecule has 0 aliphatic rings. The lowest BCUT2D eigenvalue weighted by Gasteiger charge is -2.21. The predicted molar refractivity (Wildman–Crippen MR) is 86.2 cm³/mol. The van der Waals surface area contributed by atoms with Crippen LogP contribution in [0.4, 0.5) is 0 Å². The molecule has 0 radical (unpaired) electrons. The summed E-state index contributed by atoms with van der Waals surface area (Å²) in [6, 6.07) is 21.3. The Bertz CT molecular complexity index is 460. The number of rotatable bonds is 7. The molecule has 0 saturated heterocycles. The first kappa shape index (κ1) is 14.4. The molecule has 2 aromatic rings. The molecule has 1 nitrogen and oxygen atoms in total. The second kappa shape index (κ2) is 8.21. The average Bonchev–Trinajstić information content (AvgIpc) is 2.49. The zero-order valence-electron chi connectivity index (χ0n) is 12.2. The summed E-state index contributed by atoms with van der Waals surface area (Å²) in [5, 5.41) is 0. The molecule has 0 heterocycles. The van der Waals surface area contributed by atoms with E-state index in [2.05, 4.69) is 84.8 Å². The summed E-state index contributed by atoms with van der Waals surface area (Å²) in [6.45, 7) is 4.12. The van der Waals surface area contributed by atoms with Crippen LogP contribution in [0.25, 0.3) is 0 Å². The molecule has 0 bridgehead atoms. The van der Waals surface area contributed by atoms with Crippen LogP contribution < -0.4 is 0 Å². The fourth-order valence-corrected chi connectivity index (χ4v) is 2.19. The highest BCUT2D eigenvalue weighted by molar-refractivity contribution is 5.17. The highest BCUT2D eigenvalue weighted by Gasteiger charge is 2.02. The summed E-state index contributed by atoms with van der Waals surface area (Å²) in [5.41, 5.74) is 2.70. The lowest BCUT2D eigenvalue weighted by Crippen LogP contribution is -2.16. The van der Waals surface area contributed by atoms with Crippen molar-refractivity contribution in [1.82, 2.24) is 4.90 Å². The minimum atomic E-state index is 0.954. The molecule has 0 spiro atoms. The van der Waals surface area contributed by atoms with Gasteiger partial charge in [0.15, 0.2) is 0 Å². The topological polar surface area (TPSA) is 3.24 Å². The van der Waals surface area contributed by atoms with Crippen molar-refractivity contribution in [3.05, 3.63) is 84.1 Å². The number of hydrogen-bond acceptors (Lipinski definition) is 1. The van der Waals surface area contributed by atoms with Crippen LogP contribution in [0.3, 0.4) is 0 Å². The molecule has 0 amide bonds. The van der Waals surface area contributed by atoms with Crippen LogP contribution in [0, 0.1) is 0 Å². The van der Waals surface area contributed by atoms with Crippen LogP contribution in [-0.2, 0) is 13.1 Å². The Labute approximate surface area is 122 Å². The molecule has 0 aliphatic carbocycles. The largest absolute Gasteiger partial charge is 0.369 e. The second-order valence-corrected chi connectivity index (χ2v) is 5.05. The highest BCUT2D eigenvalue weighted by atomic mass is 15.1. The molecule has 2 aromatic carbocycles.